The number of hydrogen-bond donors (Lipinski definition) is 1. The summed E-state index contributed by atoms with van der Waals surface area (Å²) in [7, 11) is 0. The smallest absolute Gasteiger partial charge is 0.251 e. The molecule has 2 heterocycles. The minimum absolute atomic E-state index is 0.0207. The Labute approximate surface area is 135 Å². The van der Waals surface area contributed by atoms with E-state index in [9.17, 15) is 9.59 Å². The summed E-state index contributed by atoms with van der Waals surface area (Å²) in [6.45, 7) is 2.63. The van der Waals surface area contributed by atoms with Crippen molar-refractivity contribution in [3.63, 3.8) is 0 Å². The van der Waals surface area contributed by atoms with Gasteiger partial charge in [-0.3, -0.25) is 9.59 Å². The molecule has 6 heteroatoms. The second-order valence-electron chi connectivity index (χ2n) is 5.90. The molecule has 0 unspecified atom stereocenters. The summed E-state index contributed by atoms with van der Waals surface area (Å²) < 4.78 is 11.1. The lowest BCUT2D eigenvalue weighted by Crippen LogP contribution is -2.47. The molecule has 2 amide bonds. The van der Waals surface area contributed by atoms with Crippen LogP contribution in [0.2, 0.25) is 0 Å². The van der Waals surface area contributed by atoms with Gasteiger partial charge in [0.15, 0.2) is 6.29 Å². The number of piperidine rings is 1. The molecular weight excluding hydrogens is 296 g/mol. The zero-order chi connectivity index (χ0) is 16.1. The molecule has 0 spiro atoms. The van der Waals surface area contributed by atoms with E-state index in [1.807, 2.05) is 6.07 Å². The van der Waals surface area contributed by atoms with Gasteiger partial charge in [-0.05, 0) is 25.0 Å². The second-order valence-corrected chi connectivity index (χ2v) is 5.90. The van der Waals surface area contributed by atoms with Crippen LogP contribution in [0.5, 0.6) is 0 Å². The average molecular weight is 318 g/mol. The Balaban J connectivity index is 1.48. The zero-order valence-electron chi connectivity index (χ0n) is 13.1. The number of nitrogens with zero attached hydrogens (tertiary/aromatic N) is 1. The number of rotatable bonds is 4. The fourth-order valence-corrected chi connectivity index (χ4v) is 3.07. The van der Waals surface area contributed by atoms with E-state index in [2.05, 4.69) is 5.32 Å². The van der Waals surface area contributed by atoms with Crippen molar-refractivity contribution in [3.05, 3.63) is 35.9 Å². The molecule has 0 aromatic heterocycles. The lowest BCUT2D eigenvalue weighted by molar-refractivity contribution is -0.138. The van der Waals surface area contributed by atoms with Crippen molar-refractivity contribution in [2.75, 3.05) is 32.8 Å². The number of nitrogens with one attached hydrogen (secondary N) is 1. The van der Waals surface area contributed by atoms with Crippen molar-refractivity contribution < 1.29 is 19.1 Å². The van der Waals surface area contributed by atoms with Crippen LogP contribution in [-0.4, -0.2) is 55.9 Å². The summed E-state index contributed by atoms with van der Waals surface area (Å²) in [5, 5.41) is 2.69. The van der Waals surface area contributed by atoms with Crippen LogP contribution in [0.1, 0.15) is 23.2 Å². The number of amides is 2. The maximum Gasteiger partial charge on any atom is 0.251 e. The first-order valence-corrected chi connectivity index (χ1v) is 8.08. The molecule has 3 rings (SSSR count). The van der Waals surface area contributed by atoms with E-state index in [-0.39, 0.29) is 30.6 Å². The third-order valence-corrected chi connectivity index (χ3v) is 4.28. The highest BCUT2D eigenvalue weighted by atomic mass is 16.7. The first-order chi connectivity index (χ1) is 11.2. The van der Waals surface area contributed by atoms with Crippen molar-refractivity contribution in [3.8, 4) is 0 Å². The van der Waals surface area contributed by atoms with Gasteiger partial charge >= 0.3 is 0 Å². The Hall–Kier alpha value is -1.92. The third kappa shape index (κ3) is 4.09. The van der Waals surface area contributed by atoms with Crippen LogP contribution in [-0.2, 0) is 14.3 Å². The van der Waals surface area contributed by atoms with E-state index in [0.717, 1.165) is 19.4 Å². The van der Waals surface area contributed by atoms with Gasteiger partial charge in [-0.25, -0.2) is 0 Å². The molecular formula is C17H22N2O4. The topological polar surface area (TPSA) is 67.9 Å². The highest BCUT2D eigenvalue weighted by Crippen LogP contribution is 2.24. The van der Waals surface area contributed by atoms with E-state index in [1.165, 1.54) is 0 Å². The van der Waals surface area contributed by atoms with Gasteiger partial charge in [-0.15, -0.1) is 0 Å². The zero-order valence-corrected chi connectivity index (χ0v) is 13.1. The molecule has 1 aromatic carbocycles. The van der Waals surface area contributed by atoms with E-state index < -0.39 is 0 Å². The molecule has 23 heavy (non-hydrogen) atoms. The van der Waals surface area contributed by atoms with E-state index in [1.54, 1.807) is 29.2 Å². The predicted octanol–water partition coefficient (Wildman–Crippen LogP) is 1.03. The minimum Gasteiger partial charge on any atom is -0.350 e. The predicted molar refractivity (Wildman–Crippen MR) is 83.8 cm³/mol. The molecule has 2 saturated heterocycles. The molecule has 2 aliphatic heterocycles. The molecule has 0 aliphatic carbocycles. The quantitative estimate of drug-likeness (QED) is 0.900. The fraction of sp³-hybridized carbons (Fsp3) is 0.529. The number of benzene rings is 1. The lowest BCUT2D eigenvalue weighted by atomic mass is 9.97. The standard InChI is InChI=1S/C17H22N2O4/c20-15(11-18-16(21)13-5-2-1-3-6-13)19-8-4-7-14(12-19)17-22-9-10-23-17/h1-3,5-6,14,17H,4,7-12H2,(H,18,21)/t14-/m0/s1. The van der Waals surface area contributed by atoms with Crippen molar-refractivity contribution in [2.45, 2.75) is 19.1 Å². The van der Waals surface area contributed by atoms with Crippen LogP contribution < -0.4 is 5.32 Å². The number of likely N-dealkylation sites (tertiary alicyclic amines) is 1. The summed E-state index contributed by atoms with van der Waals surface area (Å²) >= 11 is 0. The van der Waals surface area contributed by atoms with Crippen molar-refractivity contribution in [1.29, 1.82) is 0 Å². The van der Waals surface area contributed by atoms with Crippen LogP contribution in [0.15, 0.2) is 30.3 Å². The fourth-order valence-electron chi connectivity index (χ4n) is 3.07. The molecule has 0 radical (unpaired) electrons. The average Bonchev–Trinajstić information content (AvgIpc) is 3.15. The number of ether oxygens (including phenoxy) is 2. The number of carbonyl (C=O) groups excluding carboxylic acids is 2. The molecule has 6 nitrogen and oxygen atoms in total. The monoisotopic (exact) mass is 318 g/mol. The van der Waals surface area contributed by atoms with Crippen molar-refractivity contribution in [1.82, 2.24) is 10.2 Å². The van der Waals surface area contributed by atoms with Crippen LogP contribution in [0, 0.1) is 5.92 Å². The molecule has 0 bridgehead atoms. The van der Waals surface area contributed by atoms with Crippen LogP contribution in [0.25, 0.3) is 0 Å². The normalized spacial score (nSPS) is 22.1. The minimum atomic E-state index is -0.227. The molecule has 2 aliphatic rings. The number of hydrogen-bond acceptors (Lipinski definition) is 4. The van der Waals surface area contributed by atoms with Crippen molar-refractivity contribution >= 4 is 11.8 Å². The summed E-state index contributed by atoms with van der Waals surface area (Å²) in [6.07, 6.45) is 1.75. The summed E-state index contributed by atoms with van der Waals surface area (Å²) in [5.74, 6) is -0.0630. The van der Waals surface area contributed by atoms with E-state index in [0.29, 0.717) is 25.3 Å². The van der Waals surface area contributed by atoms with E-state index >= 15 is 0 Å². The second kappa shape index (κ2) is 7.57. The van der Waals surface area contributed by atoms with Crippen LogP contribution in [0.3, 0.4) is 0 Å². The highest BCUT2D eigenvalue weighted by Gasteiger charge is 2.32. The lowest BCUT2D eigenvalue weighted by Gasteiger charge is -2.34. The molecule has 1 N–H and O–H groups in total. The highest BCUT2D eigenvalue weighted by molar-refractivity contribution is 5.96. The summed E-state index contributed by atoms with van der Waals surface area (Å²) in [5.41, 5.74) is 0.560. The van der Waals surface area contributed by atoms with Crippen molar-refractivity contribution in [2.24, 2.45) is 5.92 Å². The van der Waals surface area contributed by atoms with Gasteiger partial charge < -0.3 is 19.7 Å². The maximum absolute atomic E-state index is 12.3. The van der Waals surface area contributed by atoms with Gasteiger partial charge in [0.2, 0.25) is 5.91 Å². The summed E-state index contributed by atoms with van der Waals surface area (Å²) in [6, 6.07) is 8.90. The molecule has 1 atom stereocenters. The Morgan fingerprint density at radius 3 is 2.65 bits per heavy atom. The Morgan fingerprint density at radius 2 is 1.91 bits per heavy atom. The third-order valence-electron chi connectivity index (χ3n) is 4.28. The molecule has 2 fully saturated rings. The molecule has 1 aromatic rings. The van der Waals surface area contributed by atoms with Crippen LogP contribution in [0.4, 0.5) is 0 Å². The van der Waals surface area contributed by atoms with Gasteiger partial charge in [0.05, 0.1) is 19.8 Å². The van der Waals surface area contributed by atoms with Gasteiger partial charge in [0.25, 0.3) is 5.91 Å². The Kier molecular flexibility index (Phi) is 5.25. The molecule has 124 valence electrons. The van der Waals surface area contributed by atoms with Gasteiger partial charge in [-0.1, -0.05) is 18.2 Å². The SMILES string of the molecule is O=C(NCC(=O)N1CCC[C@H](C2OCCO2)C1)c1ccccc1. The van der Waals surface area contributed by atoms with Gasteiger partial charge in [0, 0.05) is 24.6 Å². The van der Waals surface area contributed by atoms with Gasteiger partial charge in [-0.2, -0.15) is 0 Å². The summed E-state index contributed by atoms with van der Waals surface area (Å²) in [4.78, 5) is 26.1. The number of carbonyl (C=O) groups is 2. The Bertz CT molecular complexity index is 543. The van der Waals surface area contributed by atoms with Crippen LogP contribution >= 0.6 is 0 Å². The first-order valence-electron chi connectivity index (χ1n) is 8.08. The first kappa shape index (κ1) is 16.0. The van der Waals surface area contributed by atoms with E-state index in [4.69, 9.17) is 9.47 Å². The largest absolute Gasteiger partial charge is 0.350 e. The molecule has 0 saturated carbocycles. The maximum atomic E-state index is 12.3. The Morgan fingerprint density at radius 1 is 1.17 bits per heavy atom. The van der Waals surface area contributed by atoms with Gasteiger partial charge in [0.1, 0.15) is 0 Å².